The number of rotatable bonds is 8. The quantitative estimate of drug-likeness (QED) is 0.169. The third kappa shape index (κ3) is 5.51. The number of carbonyl (C=O) groups excluding carboxylic acids is 1. The maximum atomic E-state index is 14.2. The van der Waals surface area contributed by atoms with Crippen molar-refractivity contribution in [3.8, 4) is 5.75 Å². The first-order valence-electron chi connectivity index (χ1n) is 10.5. The molecule has 0 aliphatic carbocycles. The maximum Gasteiger partial charge on any atom is 0.306 e. The summed E-state index contributed by atoms with van der Waals surface area (Å²) in [6.07, 6.45) is 1.39. The van der Waals surface area contributed by atoms with E-state index in [1.165, 1.54) is 30.5 Å². The minimum Gasteiger partial charge on any atom is -0.436 e. The molecular formula is C26H20N3O5P. The summed E-state index contributed by atoms with van der Waals surface area (Å²) in [4.78, 5) is 22.6. The molecule has 9 heteroatoms. The van der Waals surface area contributed by atoms with Crippen LogP contribution in [0.3, 0.4) is 0 Å². The monoisotopic (exact) mass is 485 g/mol. The molecule has 0 saturated carbocycles. The van der Waals surface area contributed by atoms with E-state index in [9.17, 15) is 19.5 Å². The van der Waals surface area contributed by atoms with Crippen LogP contribution in [0.1, 0.15) is 15.9 Å². The summed E-state index contributed by atoms with van der Waals surface area (Å²) in [7, 11) is -3.49. The maximum absolute atomic E-state index is 14.2. The Labute approximate surface area is 201 Å². The lowest BCUT2D eigenvalue weighted by Crippen LogP contribution is -2.20. The average Bonchev–Trinajstić information content (AvgIpc) is 2.90. The molecule has 35 heavy (non-hydrogen) atoms. The molecule has 8 nitrogen and oxygen atoms in total. The lowest BCUT2D eigenvalue weighted by Gasteiger charge is -2.21. The van der Waals surface area contributed by atoms with Crippen molar-refractivity contribution in [3.05, 3.63) is 130 Å². The highest BCUT2D eigenvalue weighted by Gasteiger charge is 2.30. The summed E-state index contributed by atoms with van der Waals surface area (Å²) in [5.74, 6) is -0.203. The Kier molecular flexibility index (Phi) is 7.14. The van der Waals surface area contributed by atoms with Crippen molar-refractivity contribution >= 4 is 35.8 Å². The molecule has 0 aliphatic rings. The number of para-hydroxylation sites is 1. The predicted molar refractivity (Wildman–Crippen MR) is 135 cm³/mol. The number of hydrogen-bond acceptors (Lipinski definition) is 6. The zero-order valence-electron chi connectivity index (χ0n) is 18.4. The zero-order valence-corrected chi connectivity index (χ0v) is 19.2. The van der Waals surface area contributed by atoms with Gasteiger partial charge in [0.2, 0.25) is 0 Å². The van der Waals surface area contributed by atoms with Gasteiger partial charge in [0.15, 0.2) is 0 Å². The van der Waals surface area contributed by atoms with Crippen molar-refractivity contribution in [2.45, 2.75) is 0 Å². The number of nitro benzene ring substituents is 1. The number of hydrazone groups is 1. The minimum atomic E-state index is -3.49. The average molecular weight is 485 g/mol. The van der Waals surface area contributed by atoms with Gasteiger partial charge in [-0.15, -0.1) is 0 Å². The van der Waals surface area contributed by atoms with Gasteiger partial charge in [0.1, 0.15) is 5.75 Å². The molecule has 174 valence electrons. The topological polar surface area (TPSA) is 111 Å². The molecule has 0 heterocycles. The largest absolute Gasteiger partial charge is 0.436 e. The summed E-state index contributed by atoms with van der Waals surface area (Å²) >= 11 is 0. The first-order chi connectivity index (χ1) is 17.0. The molecular weight excluding hydrogens is 465 g/mol. The Morgan fingerprint density at radius 1 is 0.829 bits per heavy atom. The first-order valence-corrected chi connectivity index (χ1v) is 12.2. The van der Waals surface area contributed by atoms with Crippen molar-refractivity contribution in [1.29, 1.82) is 0 Å². The molecule has 0 bridgehead atoms. The fraction of sp³-hybridized carbons (Fsp3) is 0. The van der Waals surface area contributed by atoms with Gasteiger partial charge in [-0.3, -0.25) is 19.5 Å². The van der Waals surface area contributed by atoms with Gasteiger partial charge < -0.3 is 4.52 Å². The Bertz CT molecular complexity index is 1360. The van der Waals surface area contributed by atoms with Crippen LogP contribution in [0.2, 0.25) is 0 Å². The van der Waals surface area contributed by atoms with Gasteiger partial charge in [0.25, 0.3) is 11.6 Å². The van der Waals surface area contributed by atoms with E-state index in [-0.39, 0.29) is 11.3 Å². The lowest BCUT2D eigenvalue weighted by atomic mass is 10.2. The molecule has 0 fully saturated rings. The number of hydrogen-bond donors (Lipinski definition) is 1. The van der Waals surface area contributed by atoms with Gasteiger partial charge in [-0.05, 0) is 48.5 Å². The Balaban J connectivity index is 1.57. The summed E-state index contributed by atoms with van der Waals surface area (Å²) in [6, 6.07) is 30.0. The van der Waals surface area contributed by atoms with Gasteiger partial charge in [0.05, 0.1) is 21.7 Å². The van der Waals surface area contributed by atoms with Gasteiger partial charge in [-0.25, -0.2) is 5.43 Å². The molecule has 0 unspecified atom stereocenters. The van der Waals surface area contributed by atoms with E-state index in [4.69, 9.17) is 4.52 Å². The van der Waals surface area contributed by atoms with Gasteiger partial charge >= 0.3 is 7.37 Å². The Morgan fingerprint density at radius 2 is 1.37 bits per heavy atom. The second-order valence-corrected chi connectivity index (χ2v) is 9.67. The van der Waals surface area contributed by atoms with Gasteiger partial charge in [-0.1, -0.05) is 48.5 Å². The van der Waals surface area contributed by atoms with Crippen LogP contribution in [0.5, 0.6) is 5.75 Å². The molecule has 1 amide bonds. The lowest BCUT2D eigenvalue weighted by molar-refractivity contribution is -0.384. The number of nitrogens with zero attached hydrogens (tertiary/aromatic N) is 2. The fourth-order valence-corrected chi connectivity index (χ4v) is 5.35. The molecule has 0 saturated heterocycles. The van der Waals surface area contributed by atoms with E-state index >= 15 is 0 Å². The number of nitrogens with one attached hydrogen (secondary N) is 1. The highest BCUT2D eigenvalue weighted by atomic mass is 31.2. The summed E-state index contributed by atoms with van der Waals surface area (Å²) < 4.78 is 20.4. The van der Waals surface area contributed by atoms with Crippen molar-refractivity contribution in [2.24, 2.45) is 5.10 Å². The molecule has 0 spiro atoms. The molecule has 0 atom stereocenters. The van der Waals surface area contributed by atoms with Crippen LogP contribution < -0.4 is 20.6 Å². The standard InChI is InChI=1S/C26H20N3O5P/c30-26(20-15-17-22(18-16-20)29(31)32)28-27-19-21-9-7-8-14-25(21)34-35(33,23-10-3-1-4-11-23)24-12-5-2-6-13-24/h1-19H,(H,28,30). The highest BCUT2D eigenvalue weighted by Crippen LogP contribution is 2.45. The van der Waals surface area contributed by atoms with E-state index in [2.05, 4.69) is 10.5 Å². The van der Waals surface area contributed by atoms with Crippen LogP contribution in [-0.2, 0) is 4.57 Å². The van der Waals surface area contributed by atoms with Crippen molar-refractivity contribution in [1.82, 2.24) is 5.43 Å². The van der Waals surface area contributed by atoms with Crippen LogP contribution >= 0.6 is 7.37 Å². The molecule has 4 aromatic rings. The molecule has 0 radical (unpaired) electrons. The van der Waals surface area contributed by atoms with Gasteiger partial charge in [-0.2, -0.15) is 5.10 Å². The van der Waals surface area contributed by atoms with Crippen molar-refractivity contribution in [2.75, 3.05) is 0 Å². The van der Waals surface area contributed by atoms with Crippen LogP contribution in [0, 0.1) is 10.1 Å². The smallest absolute Gasteiger partial charge is 0.306 e. The Morgan fingerprint density at radius 3 is 1.94 bits per heavy atom. The molecule has 0 aromatic heterocycles. The zero-order chi connectivity index (χ0) is 24.7. The van der Waals surface area contributed by atoms with Crippen LogP contribution in [0.15, 0.2) is 114 Å². The van der Waals surface area contributed by atoms with E-state index in [1.54, 1.807) is 72.8 Å². The second kappa shape index (κ2) is 10.6. The fourth-order valence-electron chi connectivity index (χ4n) is 3.27. The van der Waals surface area contributed by atoms with Gasteiger partial charge in [0, 0.05) is 23.3 Å². The number of non-ortho nitro benzene ring substituents is 1. The third-order valence-corrected chi connectivity index (χ3v) is 7.46. The Hall–Kier alpha value is -4.55. The number of carbonyl (C=O) groups is 1. The highest BCUT2D eigenvalue weighted by molar-refractivity contribution is 7.74. The van der Waals surface area contributed by atoms with Crippen LogP contribution in [-0.4, -0.2) is 17.0 Å². The second-order valence-electron chi connectivity index (χ2n) is 7.35. The molecule has 1 N–H and O–H groups in total. The van der Waals surface area contributed by atoms with E-state index in [0.717, 1.165) is 0 Å². The minimum absolute atomic E-state index is 0.114. The first kappa shape index (κ1) is 23.6. The summed E-state index contributed by atoms with van der Waals surface area (Å²) in [5.41, 5.74) is 2.99. The summed E-state index contributed by atoms with van der Waals surface area (Å²) in [5, 5.41) is 15.8. The number of nitro groups is 1. The normalized spacial score (nSPS) is 11.2. The third-order valence-electron chi connectivity index (χ3n) is 5.05. The SMILES string of the molecule is O=C(NN=Cc1ccccc1OP(=O)(c1ccccc1)c1ccccc1)c1ccc([N+](=O)[O-])cc1. The summed E-state index contributed by atoms with van der Waals surface area (Å²) in [6.45, 7) is 0. The van der Waals surface area contributed by atoms with Crippen LogP contribution in [0.25, 0.3) is 0 Å². The van der Waals surface area contributed by atoms with Crippen LogP contribution in [0.4, 0.5) is 5.69 Å². The predicted octanol–water partition coefficient (Wildman–Crippen LogP) is 4.67. The molecule has 0 aliphatic heterocycles. The number of amides is 1. The number of benzene rings is 4. The van der Waals surface area contributed by atoms with E-state index < -0.39 is 18.2 Å². The van der Waals surface area contributed by atoms with Crippen molar-refractivity contribution < 1.29 is 18.8 Å². The van der Waals surface area contributed by atoms with E-state index in [1.807, 2.05) is 12.1 Å². The molecule has 4 aromatic carbocycles. The molecule has 4 rings (SSSR count). The van der Waals surface area contributed by atoms with Crippen molar-refractivity contribution in [3.63, 3.8) is 0 Å². The van der Waals surface area contributed by atoms with E-state index in [0.29, 0.717) is 21.9 Å².